The van der Waals surface area contributed by atoms with Gasteiger partial charge in [-0.05, 0) is 41.4 Å². The Bertz CT molecular complexity index is 824. The molecule has 0 aliphatic rings. The zero-order valence-electron chi connectivity index (χ0n) is 25.8. The molecule has 1 atom stereocenters. The maximum Gasteiger partial charge on any atom is 0.320 e. The van der Waals surface area contributed by atoms with E-state index in [4.69, 9.17) is 4.74 Å². The summed E-state index contributed by atoms with van der Waals surface area (Å²) in [6.07, 6.45) is 21.1. The van der Waals surface area contributed by atoms with Crippen LogP contribution in [0.5, 0.6) is 5.75 Å². The number of benzene rings is 1. The molecule has 0 radical (unpaired) electrons. The monoisotopic (exact) mass is 546 g/mol. The molecule has 0 spiro atoms. The zero-order chi connectivity index (χ0) is 29.1. The number of carboxylic acid groups (broad SMARTS) is 1. The van der Waals surface area contributed by atoms with Crippen LogP contribution in [0.1, 0.15) is 154 Å². The summed E-state index contributed by atoms with van der Waals surface area (Å²) in [6, 6.07) is 3.64. The standard InChI is InChI=1S/C34H58O5/c1-6-8-9-10-11-12-13-14-15-16-17-18-19-20-21-22-23-39-33(38)29(32(36)37)25-27-24-28(7-2)31(35)30(26-27)34(3,4)5/h24,26,29,35H,6-23,25H2,1-5H3,(H,36,37). The maximum atomic E-state index is 12.6. The van der Waals surface area contributed by atoms with Crippen molar-refractivity contribution in [3.63, 3.8) is 0 Å². The lowest BCUT2D eigenvalue weighted by molar-refractivity contribution is -0.158. The summed E-state index contributed by atoms with van der Waals surface area (Å²) in [4.78, 5) is 24.5. The minimum Gasteiger partial charge on any atom is -0.507 e. The van der Waals surface area contributed by atoms with Crippen LogP contribution in [0.25, 0.3) is 0 Å². The number of hydrogen-bond donors (Lipinski definition) is 2. The summed E-state index contributed by atoms with van der Waals surface area (Å²) >= 11 is 0. The maximum absolute atomic E-state index is 12.6. The minimum absolute atomic E-state index is 0.0590. The van der Waals surface area contributed by atoms with E-state index < -0.39 is 17.9 Å². The quantitative estimate of drug-likeness (QED) is 0.0860. The van der Waals surface area contributed by atoms with Gasteiger partial charge in [-0.25, -0.2) is 0 Å². The van der Waals surface area contributed by atoms with Crippen LogP contribution in [0.3, 0.4) is 0 Å². The van der Waals surface area contributed by atoms with E-state index in [0.29, 0.717) is 6.42 Å². The molecule has 1 aromatic carbocycles. The van der Waals surface area contributed by atoms with Gasteiger partial charge in [0.2, 0.25) is 0 Å². The highest BCUT2D eigenvalue weighted by molar-refractivity contribution is 5.94. The second-order valence-corrected chi connectivity index (χ2v) is 12.3. The minimum atomic E-state index is -1.24. The molecule has 5 heteroatoms. The van der Waals surface area contributed by atoms with Crippen LogP contribution in [0.2, 0.25) is 0 Å². The number of carbonyl (C=O) groups is 2. The number of ether oxygens (including phenoxy) is 1. The van der Waals surface area contributed by atoms with Gasteiger partial charge in [0.25, 0.3) is 0 Å². The SMILES string of the molecule is CCCCCCCCCCCCCCCCCCOC(=O)C(Cc1cc(CC)c(O)c(C(C)(C)C)c1)C(=O)O. The van der Waals surface area contributed by atoms with E-state index in [2.05, 4.69) is 6.92 Å². The van der Waals surface area contributed by atoms with Crippen molar-refractivity contribution in [2.24, 2.45) is 5.92 Å². The predicted molar refractivity (Wildman–Crippen MR) is 162 cm³/mol. The summed E-state index contributed by atoms with van der Waals surface area (Å²) in [5.74, 6) is -2.83. The van der Waals surface area contributed by atoms with Crippen LogP contribution in [-0.4, -0.2) is 28.8 Å². The highest BCUT2D eigenvalue weighted by atomic mass is 16.5. The van der Waals surface area contributed by atoms with E-state index in [9.17, 15) is 19.8 Å². The van der Waals surface area contributed by atoms with Crippen molar-refractivity contribution in [1.82, 2.24) is 0 Å². The normalized spacial score (nSPS) is 12.4. The molecular weight excluding hydrogens is 488 g/mol. The van der Waals surface area contributed by atoms with E-state index in [-0.39, 0.29) is 24.2 Å². The van der Waals surface area contributed by atoms with Crippen molar-refractivity contribution >= 4 is 11.9 Å². The number of phenols is 1. The highest BCUT2D eigenvalue weighted by Gasteiger charge is 2.29. The fraction of sp³-hybridized carbons (Fsp3) is 0.765. The Morgan fingerprint density at radius 3 is 1.64 bits per heavy atom. The van der Waals surface area contributed by atoms with Crippen LogP contribution in [0.4, 0.5) is 0 Å². The number of aliphatic carboxylic acids is 1. The van der Waals surface area contributed by atoms with Gasteiger partial charge in [0.05, 0.1) is 6.61 Å². The average molecular weight is 547 g/mol. The van der Waals surface area contributed by atoms with E-state index in [1.54, 1.807) is 0 Å². The molecule has 0 bridgehead atoms. The molecular formula is C34H58O5. The number of phenolic OH excluding ortho intramolecular Hbond substituents is 1. The molecule has 0 aromatic heterocycles. The van der Waals surface area contributed by atoms with E-state index in [1.807, 2.05) is 39.8 Å². The van der Waals surface area contributed by atoms with Crippen LogP contribution in [0, 0.1) is 5.92 Å². The Balaban J connectivity index is 2.25. The third-order valence-corrected chi connectivity index (χ3v) is 7.70. The third kappa shape index (κ3) is 14.8. The first kappa shape index (κ1) is 35.0. The molecule has 2 N–H and O–H groups in total. The number of carbonyl (C=O) groups excluding carboxylic acids is 1. The molecule has 1 unspecified atom stereocenters. The Morgan fingerprint density at radius 2 is 1.23 bits per heavy atom. The second-order valence-electron chi connectivity index (χ2n) is 12.3. The van der Waals surface area contributed by atoms with Gasteiger partial charge in [-0.1, -0.05) is 143 Å². The molecule has 0 saturated heterocycles. The molecule has 0 saturated carbocycles. The summed E-state index contributed by atoms with van der Waals surface area (Å²) in [5, 5.41) is 20.3. The fourth-order valence-corrected chi connectivity index (χ4v) is 5.15. The first-order valence-electron chi connectivity index (χ1n) is 15.9. The van der Waals surface area contributed by atoms with Crippen molar-refractivity contribution < 1.29 is 24.5 Å². The first-order valence-corrected chi connectivity index (χ1v) is 15.9. The summed E-state index contributed by atoms with van der Waals surface area (Å²) in [6.45, 7) is 10.5. The Morgan fingerprint density at radius 1 is 0.769 bits per heavy atom. The number of unbranched alkanes of at least 4 members (excludes halogenated alkanes) is 15. The zero-order valence-corrected chi connectivity index (χ0v) is 25.8. The average Bonchev–Trinajstić information content (AvgIpc) is 2.88. The molecule has 1 aromatic rings. The number of aryl methyl sites for hydroxylation is 1. The van der Waals surface area contributed by atoms with Crippen molar-refractivity contribution in [2.45, 2.75) is 156 Å². The van der Waals surface area contributed by atoms with Gasteiger partial charge in [0, 0.05) is 0 Å². The lowest BCUT2D eigenvalue weighted by atomic mass is 9.82. The van der Waals surface area contributed by atoms with E-state index in [1.165, 1.54) is 83.5 Å². The van der Waals surface area contributed by atoms with Gasteiger partial charge in [0.1, 0.15) is 5.75 Å². The third-order valence-electron chi connectivity index (χ3n) is 7.70. The Hall–Kier alpha value is -2.04. The lowest BCUT2D eigenvalue weighted by Crippen LogP contribution is -2.28. The van der Waals surface area contributed by atoms with Gasteiger partial charge in [-0.2, -0.15) is 0 Å². The van der Waals surface area contributed by atoms with E-state index >= 15 is 0 Å². The van der Waals surface area contributed by atoms with Crippen molar-refractivity contribution in [1.29, 1.82) is 0 Å². The van der Waals surface area contributed by atoms with Crippen molar-refractivity contribution in [3.05, 3.63) is 28.8 Å². The van der Waals surface area contributed by atoms with Crippen molar-refractivity contribution in [2.75, 3.05) is 6.61 Å². The number of hydrogen-bond acceptors (Lipinski definition) is 4. The molecule has 0 heterocycles. The highest BCUT2D eigenvalue weighted by Crippen LogP contribution is 2.35. The predicted octanol–water partition coefficient (Wildman–Crippen LogP) is 9.30. The molecule has 1 rings (SSSR count). The van der Waals surface area contributed by atoms with Crippen LogP contribution >= 0.6 is 0 Å². The van der Waals surface area contributed by atoms with Gasteiger partial charge < -0.3 is 14.9 Å². The van der Waals surface area contributed by atoms with Crippen LogP contribution < -0.4 is 0 Å². The smallest absolute Gasteiger partial charge is 0.320 e. The summed E-state index contributed by atoms with van der Waals surface area (Å²) in [7, 11) is 0. The number of rotatable bonds is 22. The molecule has 0 amide bonds. The summed E-state index contributed by atoms with van der Waals surface area (Å²) < 4.78 is 5.37. The van der Waals surface area contributed by atoms with Crippen LogP contribution in [-0.2, 0) is 32.6 Å². The second kappa shape index (κ2) is 19.9. The molecule has 0 aliphatic heterocycles. The van der Waals surface area contributed by atoms with Crippen molar-refractivity contribution in [3.8, 4) is 5.75 Å². The molecule has 5 nitrogen and oxygen atoms in total. The van der Waals surface area contributed by atoms with Gasteiger partial charge >= 0.3 is 11.9 Å². The van der Waals surface area contributed by atoms with Gasteiger partial charge in [0.15, 0.2) is 5.92 Å². The Kier molecular flexibility index (Phi) is 17.9. The van der Waals surface area contributed by atoms with Crippen LogP contribution in [0.15, 0.2) is 12.1 Å². The molecule has 0 aliphatic carbocycles. The molecule has 224 valence electrons. The summed E-state index contributed by atoms with van der Waals surface area (Å²) in [5.41, 5.74) is 1.98. The largest absolute Gasteiger partial charge is 0.507 e. The Labute approximate surface area is 239 Å². The first-order chi connectivity index (χ1) is 18.6. The topological polar surface area (TPSA) is 83.8 Å². The fourth-order valence-electron chi connectivity index (χ4n) is 5.15. The number of esters is 1. The van der Waals surface area contributed by atoms with Gasteiger partial charge in [-0.3, -0.25) is 9.59 Å². The molecule has 0 fully saturated rings. The van der Waals surface area contributed by atoms with Gasteiger partial charge in [-0.15, -0.1) is 0 Å². The molecule has 39 heavy (non-hydrogen) atoms. The number of aromatic hydroxyl groups is 1. The lowest BCUT2D eigenvalue weighted by Gasteiger charge is -2.24. The van der Waals surface area contributed by atoms with E-state index in [0.717, 1.165) is 36.0 Å². The number of carboxylic acids is 1.